The van der Waals surface area contributed by atoms with Gasteiger partial charge < -0.3 is 4.74 Å². The molecule has 0 unspecified atom stereocenters. The van der Waals surface area contributed by atoms with E-state index in [1.54, 1.807) is 0 Å². The van der Waals surface area contributed by atoms with Crippen molar-refractivity contribution >= 4 is 11.8 Å². The van der Waals surface area contributed by atoms with Crippen LogP contribution < -0.4 is 4.74 Å². The molecule has 1 aromatic rings. The monoisotopic (exact) mass is 289 g/mol. The minimum absolute atomic E-state index is 0.0367. The SMILES string of the molecule is CCC1(CC)CC(=O)N(CCOc2cccc(C)c2)C1=O. The molecule has 0 saturated carbocycles. The summed E-state index contributed by atoms with van der Waals surface area (Å²) in [6, 6.07) is 7.74. The van der Waals surface area contributed by atoms with Crippen LogP contribution in [0.5, 0.6) is 5.75 Å². The number of hydrogen-bond donors (Lipinski definition) is 0. The number of carbonyl (C=O) groups excluding carboxylic acids is 2. The number of likely N-dealkylation sites (tertiary alicyclic amines) is 1. The third kappa shape index (κ3) is 3.09. The first kappa shape index (κ1) is 15.5. The highest BCUT2D eigenvalue weighted by atomic mass is 16.5. The lowest BCUT2D eigenvalue weighted by Crippen LogP contribution is -2.37. The molecule has 21 heavy (non-hydrogen) atoms. The second-order valence-electron chi connectivity index (χ2n) is 5.68. The van der Waals surface area contributed by atoms with Crippen molar-refractivity contribution in [1.29, 1.82) is 0 Å². The van der Waals surface area contributed by atoms with Gasteiger partial charge in [-0.05, 0) is 37.5 Å². The molecule has 1 heterocycles. The van der Waals surface area contributed by atoms with E-state index in [1.807, 2.05) is 45.0 Å². The van der Waals surface area contributed by atoms with E-state index in [9.17, 15) is 9.59 Å². The van der Waals surface area contributed by atoms with E-state index in [0.717, 1.165) is 11.3 Å². The zero-order valence-electron chi connectivity index (χ0n) is 13.0. The van der Waals surface area contributed by atoms with E-state index in [2.05, 4.69) is 0 Å². The highest BCUT2D eigenvalue weighted by Crippen LogP contribution is 2.38. The molecule has 1 aromatic carbocycles. The van der Waals surface area contributed by atoms with Crippen molar-refractivity contribution in [2.45, 2.75) is 40.0 Å². The van der Waals surface area contributed by atoms with E-state index in [4.69, 9.17) is 4.74 Å². The van der Waals surface area contributed by atoms with E-state index in [-0.39, 0.29) is 11.8 Å². The summed E-state index contributed by atoms with van der Waals surface area (Å²) in [4.78, 5) is 25.9. The average molecular weight is 289 g/mol. The molecular formula is C17H23NO3. The number of ether oxygens (including phenoxy) is 1. The maximum atomic E-state index is 12.4. The normalized spacial score (nSPS) is 17.4. The summed E-state index contributed by atoms with van der Waals surface area (Å²) in [6.45, 7) is 6.61. The maximum Gasteiger partial charge on any atom is 0.236 e. The lowest BCUT2D eigenvalue weighted by atomic mass is 9.81. The topological polar surface area (TPSA) is 46.6 Å². The summed E-state index contributed by atoms with van der Waals surface area (Å²) in [5, 5.41) is 0. The highest BCUT2D eigenvalue weighted by Gasteiger charge is 2.48. The number of hydrogen-bond acceptors (Lipinski definition) is 3. The lowest BCUT2D eigenvalue weighted by Gasteiger charge is -2.23. The summed E-state index contributed by atoms with van der Waals surface area (Å²) in [5.41, 5.74) is 0.636. The molecule has 0 aromatic heterocycles. The predicted molar refractivity (Wildman–Crippen MR) is 81.0 cm³/mol. The molecule has 4 heteroatoms. The van der Waals surface area contributed by atoms with Crippen LogP contribution >= 0.6 is 0 Å². The summed E-state index contributed by atoms with van der Waals surface area (Å²) >= 11 is 0. The fourth-order valence-electron chi connectivity index (χ4n) is 2.85. The van der Waals surface area contributed by atoms with Gasteiger partial charge in [-0.2, -0.15) is 0 Å². The third-order valence-corrected chi connectivity index (χ3v) is 4.42. The number of rotatable bonds is 6. The van der Waals surface area contributed by atoms with Crippen molar-refractivity contribution in [2.24, 2.45) is 5.41 Å². The lowest BCUT2D eigenvalue weighted by molar-refractivity contribution is -0.142. The number of aryl methyl sites for hydroxylation is 1. The van der Waals surface area contributed by atoms with Gasteiger partial charge >= 0.3 is 0 Å². The molecular weight excluding hydrogens is 266 g/mol. The fraction of sp³-hybridized carbons (Fsp3) is 0.529. The molecule has 1 saturated heterocycles. The van der Waals surface area contributed by atoms with E-state index in [1.165, 1.54) is 4.90 Å². The molecule has 1 fully saturated rings. The van der Waals surface area contributed by atoms with Crippen LogP contribution in [0, 0.1) is 12.3 Å². The number of amides is 2. The van der Waals surface area contributed by atoms with Crippen molar-refractivity contribution in [1.82, 2.24) is 4.90 Å². The largest absolute Gasteiger partial charge is 0.492 e. The summed E-state index contributed by atoms with van der Waals surface area (Å²) in [6.07, 6.45) is 1.76. The van der Waals surface area contributed by atoms with Crippen molar-refractivity contribution in [3.63, 3.8) is 0 Å². The van der Waals surface area contributed by atoms with Crippen LogP contribution in [0.25, 0.3) is 0 Å². The van der Waals surface area contributed by atoms with Gasteiger partial charge in [0.15, 0.2) is 0 Å². The molecule has 0 atom stereocenters. The van der Waals surface area contributed by atoms with Gasteiger partial charge in [0.1, 0.15) is 12.4 Å². The van der Waals surface area contributed by atoms with Crippen LogP contribution in [-0.2, 0) is 9.59 Å². The molecule has 4 nitrogen and oxygen atoms in total. The molecule has 0 radical (unpaired) electrons. The Morgan fingerprint density at radius 1 is 1.24 bits per heavy atom. The predicted octanol–water partition coefficient (Wildman–Crippen LogP) is 2.94. The second kappa shape index (κ2) is 6.29. The van der Waals surface area contributed by atoms with Crippen LogP contribution in [0.1, 0.15) is 38.7 Å². The zero-order chi connectivity index (χ0) is 15.5. The van der Waals surface area contributed by atoms with Crippen LogP contribution in [0.2, 0.25) is 0 Å². The summed E-state index contributed by atoms with van der Waals surface area (Å²) in [7, 11) is 0. The Bertz CT molecular complexity index is 535. The van der Waals surface area contributed by atoms with Gasteiger partial charge in [-0.3, -0.25) is 14.5 Å². The summed E-state index contributed by atoms with van der Waals surface area (Å²) < 4.78 is 5.63. The Hall–Kier alpha value is -1.84. The van der Waals surface area contributed by atoms with Gasteiger partial charge in [0, 0.05) is 6.42 Å². The number of nitrogens with zero attached hydrogens (tertiary/aromatic N) is 1. The van der Waals surface area contributed by atoms with Crippen LogP contribution in [0.15, 0.2) is 24.3 Å². The van der Waals surface area contributed by atoms with Crippen LogP contribution in [-0.4, -0.2) is 29.9 Å². The quantitative estimate of drug-likeness (QED) is 0.756. The van der Waals surface area contributed by atoms with Crippen molar-refractivity contribution in [3.05, 3.63) is 29.8 Å². The molecule has 2 amide bonds. The Morgan fingerprint density at radius 3 is 2.52 bits per heavy atom. The molecule has 0 spiro atoms. The molecule has 0 N–H and O–H groups in total. The van der Waals surface area contributed by atoms with Gasteiger partial charge in [0.25, 0.3) is 0 Å². The molecule has 2 rings (SSSR count). The smallest absolute Gasteiger partial charge is 0.236 e. The van der Waals surface area contributed by atoms with Gasteiger partial charge in [0.2, 0.25) is 11.8 Å². The van der Waals surface area contributed by atoms with E-state index >= 15 is 0 Å². The molecule has 114 valence electrons. The second-order valence-corrected chi connectivity index (χ2v) is 5.68. The van der Waals surface area contributed by atoms with Gasteiger partial charge in [-0.15, -0.1) is 0 Å². The first-order chi connectivity index (χ1) is 10.0. The number of carbonyl (C=O) groups is 2. The van der Waals surface area contributed by atoms with Gasteiger partial charge in [0.05, 0.1) is 12.0 Å². The minimum atomic E-state index is -0.486. The minimum Gasteiger partial charge on any atom is -0.492 e. The number of benzene rings is 1. The average Bonchev–Trinajstić information content (AvgIpc) is 2.72. The van der Waals surface area contributed by atoms with E-state index in [0.29, 0.717) is 32.4 Å². The first-order valence-electron chi connectivity index (χ1n) is 7.56. The van der Waals surface area contributed by atoms with Gasteiger partial charge in [-0.25, -0.2) is 0 Å². The highest BCUT2D eigenvalue weighted by molar-refractivity contribution is 6.05. The third-order valence-electron chi connectivity index (χ3n) is 4.42. The Kier molecular flexibility index (Phi) is 4.66. The fourth-order valence-corrected chi connectivity index (χ4v) is 2.85. The molecule has 0 aliphatic carbocycles. The Balaban J connectivity index is 1.94. The van der Waals surface area contributed by atoms with Crippen LogP contribution in [0.4, 0.5) is 0 Å². The Labute approximate surface area is 126 Å². The molecule has 1 aliphatic rings. The number of imide groups is 1. The standard InChI is InChI=1S/C17H23NO3/c1-4-17(5-2)12-15(19)18(16(17)20)9-10-21-14-8-6-7-13(3)11-14/h6-8,11H,4-5,9-10,12H2,1-3H3. The van der Waals surface area contributed by atoms with Crippen LogP contribution in [0.3, 0.4) is 0 Å². The maximum absolute atomic E-state index is 12.4. The molecule has 1 aliphatic heterocycles. The van der Waals surface area contributed by atoms with Crippen molar-refractivity contribution < 1.29 is 14.3 Å². The zero-order valence-corrected chi connectivity index (χ0v) is 13.0. The van der Waals surface area contributed by atoms with Crippen molar-refractivity contribution in [3.8, 4) is 5.75 Å². The van der Waals surface area contributed by atoms with Crippen molar-refractivity contribution in [2.75, 3.05) is 13.2 Å². The van der Waals surface area contributed by atoms with Gasteiger partial charge in [-0.1, -0.05) is 26.0 Å². The first-order valence-corrected chi connectivity index (χ1v) is 7.56. The Morgan fingerprint density at radius 2 is 1.95 bits per heavy atom. The summed E-state index contributed by atoms with van der Waals surface area (Å²) in [5.74, 6) is 0.660. The van der Waals surface area contributed by atoms with E-state index < -0.39 is 5.41 Å². The molecule has 0 bridgehead atoms.